The lowest BCUT2D eigenvalue weighted by Gasteiger charge is -2.07. The summed E-state index contributed by atoms with van der Waals surface area (Å²) in [4.78, 5) is 22.4. The van der Waals surface area contributed by atoms with E-state index in [-0.39, 0.29) is 0 Å². The Morgan fingerprint density at radius 2 is 2.06 bits per heavy atom. The number of hydrogen-bond acceptors (Lipinski definition) is 4. The predicted octanol–water partition coefficient (Wildman–Crippen LogP) is 1.71. The number of halogens is 3. The van der Waals surface area contributed by atoms with Crippen molar-refractivity contribution in [3.63, 3.8) is 0 Å². The number of hydrogen-bond donors (Lipinski definition) is 1. The first-order valence-electron chi connectivity index (χ1n) is 3.68. The zero-order valence-corrected chi connectivity index (χ0v) is 7.35. The van der Waals surface area contributed by atoms with Crippen LogP contribution in [0.2, 0.25) is 0 Å². The number of aromatic nitrogens is 1. The van der Waals surface area contributed by atoms with Gasteiger partial charge >= 0.3 is 12.1 Å². The Balaban J connectivity index is 3.43. The molecule has 6 nitrogen and oxygen atoms in total. The van der Waals surface area contributed by atoms with Crippen LogP contribution < -0.4 is 0 Å². The molecule has 1 heterocycles. The molecule has 9 heteroatoms. The summed E-state index contributed by atoms with van der Waals surface area (Å²) in [7, 11) is 0. The van der Waals surface area contributed by atoms with Crippen LogP contribution in [0.15, 0.2) is 12.3 Å². The van der Waals surface area contributed by atoms with Crippen molar-refractivity contribution in [2.45, 2.75) is 6.18 Å². The van der Waals surface area contributed by atoms with Gasteiger partial charge in [0.1, 0.15) is 6.20 Å². The van der Waals surface area contributed by atoms with E-state index < -0.39 is 34.0 Å². The number of nitrogens with zero attached hydrogens (tertiary/aromatic N) is 2. The van der Waals surface area contributed by atoms with Crippen molar-refractivity contribution >= 4 is 11.7 Å². The third-order valence-electron chi connectivity index (χ3n) is 1.58. The number of alkyl halides is 3. The molecule has 1 aromatic heterocycles. The Kier molecular flexibility index (Phi) is 2.79. The molecule has 0 saturated carbocycles. The normalized spacial score (nSPS) is 11.2. The van der Waals surface area contributed by atoms with Gasteiger partial charge in [-0.15, -0.1) is 0 Å². The molecule has 0 aromatic carbocycles. The minimum atomic E-state index is -4.97. The van der Waals surface area contributed by atoms with E-state index in [0.717, 1.165) is 0 Å². The highest BCUT2D eigenvalue weighted by Crippen LogP contribution is 2.31. The van der Waals surface area contributed by atoms with E-state index in [1.54, 1.807) is 0 Å². The summed E-state index contributed by atoms with van der Waals surface area (Å²) in [6.07, 6.45) is -4.61. The van der Waals surface area contributed by atoms with E-state index in [9.17, 15) is 28.1 Å². The van der Waals surface area contributed by atoms with Gasteiger partial charge < -0.3 is 5.11 Å². The lowest BCUT2D eigenvalue weighted by Crippen LogP contribution is -2.15. The van der Waals surface area contributed by atoms with Gasteiger partial charge in [-0.1, -0.05) is 0 Å². The molecular formula is C7H3F3N2O4. The van der Waals surface area contributed by atoms with E-state index >= 15 is 0 Å². The molecule has 1 aromatic rings. The molecule has 0 aliphatic rings. The highest BCUT2D eigenvalue weighted by Gasteiger charge is 2.38. The smallest absolute Gasteiger partial charge is 0.434 e. The van der Waals surface area contributed by atoms with Crippen LogP contribution >= 0.6 is 0 Å². The second-order valence-corrected chi connectivity index (χ2v) is 2.65. The van der Waals surface area contributed by atoms with Crippen LogP contribution in [0, 0.1) is 10.1 Å². The average molecular weight is 236 g/mol. The lowest BCUT2D eigenvalue weighted by molar-refractivity contribution is -0.385. The van der Waals surface area contributed by atoms with Crippen LogP contribution in [-0.2, 0) is 6.18 Å². The molecule has 0 radical (unpaired) electrons. The molecule has 0 saturated heterocycles. The maximum Gasteiger partial charge on any atom is 0.434 e. The number of carbonyl (C=O) groups is 1. The molecule has 0 aliphatic carbocycles. The lowest BCUT2D eigenvalue weighted by atomic mass is 10.2. The van der Waals surface area contributed by atoms with Crippen molar-refractivity contribution < 1.29 is 28.0 Å². The highest BCUT2D eigenvalue weighted by atomic mass is 19.4. The standard InChI is InChI=1S/C7H3F3N2O4/c8-7(9,10)5-4(6(13)14)1-3(2-11-5)12(15)16/h1-2H,(H,13,14). The molecule has 0 aliphatic heterocycles. The summed E-state index contributed by atoms with van der Waals surface area (Å²) >= 11 is 0. The van der Waals surface area contributed by atoms with Crippen LogP contribution in [0.3, 0.4) is 0 Å². The van der Waals surface area contributed by atoms with Gasteiger partial charge in [-0.3, -0.25) is 10.1 Å². The summed E-state index contributed by atoms with van der Waals surface area (Å²) in [6, 6.07) is 0.318. The molecule has 0 unspecified atom stereocenters. The van der Waals surface area contributed by atoms with Gasteiger partial charge in [0.05, 0.1) is 10.5 Å². The van der Waals surface area contributed by atoms with E-state index in [4.69, 9.17) is 5.11 Å². The van der Waals surface area contributed by atoms with Crippen molar-refractivity contribution in [3.8, 4) is 0 Å². The third kappa shape index (κ3) is 2.24. The number of aromatic carboxylic acids is 1. The molecule has 0 amide bonds. The first-order chi connectivity index (χ1) is 7.23. The zero-order chi connectivity index (χ0) is 12.5. The van der Waals surface area contributed by atoms with Gasteiger partial charge in [0, 0.05) is 6.07 Å². The molecule has 1 rings (SSSR count). The molecule has 0 fully saturated rings. The Labute approximate surface area is 85.5 Å². The van der Waals surface area contributed by atoms with Crippen LogP contribution in [0.4, 0.5) is 18.9 Å². The number of nitro groups is 1. The van der Waals surface area contributed by atoms with Crippen molar-refractivity contribution in [3.05, 3.63) is 33.6 Å². The first-order valence-corrected chi connectivity index (χ1v) is 3.68. The molecule has 86 valence electrons. The Bertz CT molecular complexity index is 457. The summed E-state index contributed by atoms with van der Waals surface area (Å²) in [5.74, 6) is -1.93. The van der Waals surface area contributed by atoms with Gasteiger partial charge in [-0.05, 0) is 0 Å². The Morgan fingerprint density at radius 1 is 1.50 bits per heavy atom. The predicted molar refractivity (Wildman–Crippen MR) is 42.9 cm³/mol. The van der Waals surface area contributed by atoms with Gasteiger partial charge in [0.2, 0.25) is 0 Å². The number of rotatable bonds is 2. The van der Waals surface area contributed by atoms with Crippen LogP contribution in [0.5, 0.6) is 0 Å². The topological polar surface area (TPSA) is 93.3 Å². The van der Waals surface area contributed by atoms with Crippen molar-refractivity contribution in [2.75, 3.05) is 0 Å². The summed E-state index contributed by atoms with van der Waals surface area (Å²) in [5, 5.41) is 18.7. The van der Waals surface area contributed by atoms with E-state index in [0.29, 0.717) is 12.3 Å². The van der Waals surface area contributed by atoms with Crippen molar-refractivity contribution in [1.82, 2.24) is 4.98 Å². The van der Waals surface area contributed by atoms with Crippen molar-refractivity contribution in [2.24, 2.45) is 0 Å². The van der Waals surface area contributed by atoms with E-state index in [1.165, 1.54) is 0 Å². The second kappa shape index (κ2) is 3.76. The fraction of sp³-hybridized carbons (Fsp3) is 0.143. The summed E-state index contributed by atoms with van der Waals surface area (Å²) in [5.41, 5.74) is -3.72. The second-order valence-electron chi connectivity index (χ2n) is 2.65. The molecule has 0 bridgehead atoms. The van der Waals surface area contributed by atoms with Crippen LogP contribution in [0.25, 0.3) is 0 Å². The summed E-state index contributed by atoms with van der Waals surface area (Å²) in [6.45, 7) is 0. The maximum atomic E-state index is 12.2. The average Bonchev–Trinajstić information content (AvgIpc) is 2.15. The molecule has 1 N–H and O–H groups in total. The van der Waals surface area contributed by atoms with Gasteiger partial charge in [-0.25, -0.2) is 9.78 Å². The highest BCUT2D eigenvalue weighted by molar-refractivity contribution is 5.89. The van der Waals surface area contributed by atoms with E-state index in [2.05, 4.69) is 4.98 Å². The largest absolute Gasteiger partial charge is 0.478 e. The SMILES string of the molecule is O=C(O)c1cc([N+](=O)[O-])cnc1C(F)(F)F. The van der Waals surface area contributed by atoms with Crippen molar-refractivity contribution in [1.29, 1.82) is 0 Å². The monoisotopic (exact) mass is 236 g/mol. The summed E-state index contributed by atoms with van der Waals surface area (Å²) < 4.78 is 36.7. The fourth-order valence-electron chi connectivity index (χ4n) is 0.943. The number of carboxylic acids is 1. The third-order valence-corrected chi connectivity index (χ3v) is 1.58. The van der Waals surface area contributed by atoms with Gasteiger partial charge in [-0.2, -0.15) is 13.2 Å². The molecular weight excluding hydrogens is 233 g/mol. The fourth-order valence-corrected chi connectivity index (χ4v) is 0.943. The van der Waals surface area contributed by atoms with E-state index in [1.807, 2.05) is 0 Å². The quantitative estimate of drug-likeness (QED) is 0.623. The Hall–Kier alpha value is -2.19. The molecule has 0 spiro atoms. The van der Waals surface area contributed by atoms with Gasteiger partial charge in [0.25, 0.3) is 5.69 Å². The number of carboxylic acid groups (broad SMARTS) is 1. The minimum absolute atomic E-state index is 0.318. The minimum Gasteiger partial charge on any atom is -0.478 e. The van der Waals surface area contributed by atoms with Crippen LogP contribution in [0.1, 0.15) is 16.1 Å². The molecule has 0 atom stereocenters. The molecule has 16 heavy (non-hydrogen) atoms. The Morgan fingerprint density at radius 3 is 2.44 bits per heavy atom. The van der Waals surface area contributed by atoms with Crippen LogP contribution in [-0.4, -0.2) is 21.0 Å². The number of pyridine rings is 1. The maximum absolute atomic E-state index is 12.2. The first kappa shape index (κ1) is 11.9. The zero-order valence-electron chi connectivity index (χ0n) is 7.35. The van der Waals surface area contributed by atoms with Gasteiger partial charge in [0.15, 0.2) is 5.69 Å².